The van der Waals surface area contributed by atoms with E-state index >= 15 is 0 Å². The summed E-state index contributed by atoms with van der Waals surface area (Å²) in [6.07, 6.45) is 0.350. The molecule has 0 aliphatic carbocycles. The third-order valence-corrected chi connectivity index (χ3v) is 3.22. The number of aryl methyl sites for hydroxylation is 2. The molecule has 1 amide bonds. The fourth-order valence-electron chi connectivity index (χ4n) is 2.05. The van der Waals surface area contributed by atoms with Crippen LogP contribution in [0.4, 0.5) is 0 Å². The van der Waals surface area contributed by atoms with Gasteiger partial charge in [0.1, 0.15) is 0 Å². The lowest BCUT2D eigenvalue weighted by atomic mass is 10.1. The number of carbonyl (C=O) groups is 1. The van der Waals surface area contributed by atoms with Crippen molar-refractivity contribution in [2.45, 2.75) is 26.8 Å². The summed E-state index contributed by atoms with van der Waals surface area (Å²) in [5, 5.41) is 3.57. The average molecular weight is 277 g/mol. The van der Waals surface area contributed by atoms with Gasteiger partial charge in [-0.2, -0.15) is 0 Å². The molecule has 0 spiro atoms. The Balaban J connectivity index is 1.90. The molecule has 0 aliphatic heterocycles. The highest BCUT2D eigenvalue weighted by Crippen LogP contribution is 2.12. The van der Waals surface area contributed by atoms with Gasteiger partial charge in [-0.1, -0.05) is 23.7 Å². The Bertz CT molecular complexity index is 590. The van der Waals surface area contributed by atoms with E-state index in [1.54, 1.807) is 6.07 Å². The maximum Gasteiger partial charge on any atom is 0.224 e. The highest BCUT2D eigenvalue weighted by molar-refractivity contribution is 6.30. The van der Waals surface area contributed by atoms with E-state index in [1.165, 1.54) is 0 Å². The number of hydrogen-bond acceptors (Lipinski definition) is 1. The molecule has 1 aromatic heterocycles. The van der Waals surface area contributed by atoms with Crippen LogP contribution in [0.25, 0.3) is 0 Å². The number of nitrogens with one attached hydrogen (secondary N) is 2. The maximum absolute atomic E-state index is 11.9. The van der Waals surface area contributed by atoms with Crippen molar-refractivity contribution in [3.05, 3.63) is 57.9 Å². The summed E-state index contributed by atoms with van der Waals surface area (Å²) < 4.78 is 0. The van der Waals surface area contributed by atoms with Crippen molar-refractivity contribution >= 4 is 17.5 Å². The number of hydrogen-bond donors (Lipinski definition) is 2. The molecule has 0 atom stereocenters. The zero-order valence-electron chi connectivity index (χ0n) is 11.1. The van der Waals surface area contributed by atoms with Gasteiger partial charge < -0.3 is 10.3 Å². The molecule has 100 valence electrons. The lowest BCUT2D eigenvalue weighted by Gasteiger charge is -2.05. The predicted molar refractivity (Wildman–Crippen MR) is 77.3 cm³/mol. The molecule has 4 heteroatoms. The summed E-state index contributed by atoms with van der Waals surface area (Å²) in [5.41, 5.74) is 4.25. The largest absolute Gasteiger partial charge is 0.362 e. The van der Waals surface area contributed by atoms with Gasteiger partial charge in [0.2, 0.25) is 5.91 Å². The highest BCUT2D eigenvalue weighted by atomic mass is 35.5. The first-order chi connectivity index (χ1) is 9.04. The van der Waals surface area contributed by atoms with Crippen LogP contribution in [0.15, 0.2) is 30.3 Å². The van der Waals surface area contributed by atoms with Crippen molar-refractivity contribution in [1.29, 1.82) is 0 Å². The molecule has 0 aliphatic rings. The van der Waals surface area contributed by atoms with E-state index in [0.717, 1.165) is 22.5 Å². The third kappa shape index (κ3) is 3.86. The first-order valence-electron chi connectivity index (χ1n) is 6.21. The standard InChI is InChI=1S/C15H17ClN2O/c1-10-6-13(11(2)18-10)9-17-15(19)8-12-4-3-5-14(16)7-12/h3-7,18H,8-9H2,1-2H3,(H,17,19). The van der Waals surface area contributed by atoms with Crippen molar-refractivity contribution in [1.82, 2.24) is 10.3 Å². The summed E-state index contributed by atoms with van der Waals surface area (Å²) in [7, 11) is 0. The van der Waals surface area contributed by atoms with E-state index < -0.39 is 0 Å². The fourth-order valence-corrected chi connectivity index (χ4v) is 2.27. The minimum Gasteiger partial charge on any atom is -0.362 e. The molecule has 2 aromatic rings. The Labute approximate surface area is 118 Å². The lowest BCUT2D eigenvalue weighted by Crippen LogP contribution is -2.24. The van der Waals surface area contributed by atoms with Crippen LogP contribution >= 0.6 is 11.6 Å². The smallest absolute Gasteiger partial charge is 0.224 e. The topological polar surface area (TPSA) is 44.9 Å². The van der Waals surface area contributed by atoms with Gasteiger partial charge in [-0.15, -0.1) is 0 Å². The molecule has 2 rings (SSSR count). The molecule has 0 saturated carbocycles. The number of aromatic nitrogens is 1. The minimum absolute atomic E-state index is 0.000481. The van der Waals surface area contributed by atoms with E-state index in [0.29, 0.717) is 18.0 Å². The molecular weight excluding hydrogens is 260 g/mol. The molecule has 3 nitrogen and oxygen atoms in total. The molecule has 0 fully saturated rings. The van der Waals surface area contributed by atoms with Crippen LogP contribution in [-0.4, -0.2) is 10.9 Å². The van der Waals surface area contributed by atoms with Gasteiger partial charge in [-0.05, 0) is 43.2 Å². The second kappa shape index (κ2) is 5.93. The van der Waals surface area contributed by atoms with E-state index in [1.807, 2.05) is 32.0 Å². The number of H-pyrrole nitrogens is 1. The SMILES string of the molecule is Cc1cc(CNC(=O)Cc2cccc(Cl)c2)c(C)[nH]1. The van der Waals surface area contributed by atoms with E-state index in [-0.39, 0.29) is 5.91 Å². The quantitative estimate of drug-likeness (QED) is 0.885. The minimum atomic E-state index is 0.000481. The summed E-state index contributed by atoms with van der Waals surface area (Å²) in [6.45, 7) is 4.56. The van der Waals surface area contributed by atoms with Crippen LogP contribution < -0.4 is 5.32 Å². The van der Waals surface area contributed by atoms with Crippen molar-refractivity contribution in [3.63, 3.8) is 0 Å². The van der Waals surface area contributed by atoms with E-state index in [9.17, 15) is 4.79 Å². The van der Waals surface area contributed by atoms with E-state index in [2.05, 4.69) is 16.4 Å². The van der Waals surface area contributed by atoms with Crippen molar-refractivity contribution in [2.75, 3.05) is 0 Å². The Morgan fingerprint density at radius 2 is 2.11 bits per heavy atom. The van der Waals surface area contributed by atoms with Crippen molar-refractivity contribution < 1.29 is 4.79 Å². The molecule has 19 heavy (non-hydrogen) atoms. The molecular formula is C15H17ClN2O. The summed E-state index contributed by atoms with van der Waals surface area (Å²) in [5.74, 6) is 0.000481. The molecule has 1 aromatic carbocycles. The zero-order valence-corrected chi connectivity index (χ0v) is 11.8. The van der Waals surface area contributed by atoms with Gasteiger partial charge in [-0.3, -0.25) is 4.79 Å². The fraction of sp³-hybridized carbons (Fsp3) is 0.267. The molecule has 0 bridgehead atoms. The Morgan fingerprint density at radius 1 is 1.32 bits per heavy atom. The van der Waals surface area contributed by atoms with Crippen LogP contribution in [-0.2, 0) is 17.8 Å². The summed E-state index contributed by atoms with van der Waals surface area (Å²) in [6, 6.07) is 9.42. The monoisotopic (exact) mass is 276 g/mol. The predicted octanol–water partition coefficient (Wildman–Crippen LogP) is 3.14. The van der Waals surface area contributed by atoms with Gasteiger partial charge in [0.05, 0.1) is 6.42 Å². The zero-order chi connectivity index (χ0) is 13.8. The number of halogens is 1. The first kappa shape index (κ1) is 13.7. The van der Waals surface area contributed by atoms with Gasteiger partial charge in [0.25, 0.3) is 0 Å². The number of benzene rings is 1. The number of carbonyl (C=O) groups excluding carboxylic acids is 1. The maximum atomic E-state index is 11.9. The number of rotatable bonds is 4. The Hall–Kier alpha value is -1.74. The van der Waals surface area contributed by atoms with E-state index in [4.69, 9.17) is 11.6 Å². The molecule has 0 unspecified atom stereocenters. The van der Waals surface area contributed by atoms with Gasteiger partial charge >= 0.3 is 0 Å². The average Bonchev–Trinajstić information content (AvgIpc) is 2.65. The highest BCUT2D eigenvalue weighted by Gasteiger charge is 2.06. The second-order valence-electron chi connectivity index (χ2n) is 4.69. The number of amides is 1. The molecule has 2 N–H and O–H groups in total. The van der Waals surface area contributed by atoms with Crippen LogP contribution in [0.3, 0.4) is 0 Å². The van der Waals surface area contributed by atoms with Crippen molar-refractivity contribution in [3.8, 4) is 0 Å². The van der Waals surface area contributed by atoms with Crippen molar-refractivity contribution in [2.24, 2.45) is 0 Å². The lowest BCUT2D eigenvalue weighted by molar-refractivity contribution is -0.120. The van der Waals surface area contributed by atoms with Gasteiger partial charge in [0.15, 0.2) is 0 Å². The van der Waals surface area contributed by atoms with Gasteiger partial charge in [-0.25, -0.2) is 0 Å². The summed E-state index contributed by atoms with van der Waals surface area (Å²) in [4.78, 5) is 15.1. The molecule has 0 radical (unpaired) electrons. The van der Waals surface area contributed by atoms with Gasteiger partial charge in [0, 0.05) is 23.0 Å². The van der Waals surface area contributed by atoms with Crippen LogP contribution in [0, 0.1) is 13.8 Å². The van der Waals surface area contributed by atoms with Crippen LogP contribution in [0.5, 0.6) is 0 Å². The Kier molecular flexibility index (Phi) is 4.27. The molecule has 1 heterocycles. The Morgan fingerprint density at radius 3 is 2.74 bits per heavy atom. The first-order valence-corrected chi connectivity index (χ1v) is 6.58. The van der Waals surface area contributed by atoms with Crippen LogP contribution in [0.2, 0.25) is 5.02 Å². The number of aromatic amines is 1. The second-order valence-corrected chi connectivity index (χ2v) is 5.12. The molecule has 0 saturated heterocycles. The normalized spacial score (nSPS) is 10.5. The summed E-state index contributed by atoms with van der Waals surface area (Å²) >= 11 is 5.89. The third-order valence-electron chi connectivity index (χ3n) is 2.99. The van der Waals surface area contributed by atoms with Crippen LogP contribution in [0.1, 0.15) is 22.5 Å².